The van der Waals surface area contributed by atoms with E-state index in [2.05, 4.69) is 10.1 Å². The molecule has 112 valence electrons. The molecule has 0 saturated carbocycles. The predicted molar refractivity (Wildman–Crippen MR) is 85.8 cm³/mol. The molecule has 0 aromatic carbocycles. The zero-order chi connectivity index (χ0) is 15.1. The second kappa shape index (κ2) is 5.10. The molecule has 4 heterocycles. The summed E-state index contributed by atoms with van der Waals surface area (Å²) in [4.78, 5) is 19.8. The van der Waals surface area contributed by atoms with Crippen LogP contribution in [-0.4, -0.2) is 38.5 Å². The lowest BCUT2D eigenvalue weighted by atomic mass is 10.2. The molecule has 22 heavy (non-hydrogen) atoms. The van der Waals surface area contributed by atoms with E-state index in [0.717, 1.165) is 30.8 Å². The highest BCUT2D eigenvalue weighted by Crippen LogP contribution is 2.24. The van der Waals surface area contributed by atoms with Crippen LogP contribution >= 0.6 is 11.3 Å². The third kappa shape index (κ3) is 2.14. The molecule has 1 aliphatic heterocycles. The van der Waals surface area contributed by atoms with Crippen LogP contribution in [0.3, 0.4) is 0 Å². The number of carbonyl (C=O) groups excluding carboxylic acids is 1. The van der Waals surface area contributed by atoms with E-state index in [4.69, 9.17) is 5.73 Å². The number of thiophene rings is 1. The Hall–Kier alpha value is -2.41. The smallest absolute Gasteiger partial charge is 0.255 e. The van der Waals surface area contributed by atoms with Crippen molar-refractivity contribution in [2.45, 2.75) is 12.8 Å². The molecular formula is C15H15N5OS. The molecule has 0 aliphatic carbocycles. The van der Waals surface area contributed by atoms with Crippen molar-refractivity contribution in [1.29, 1.82) is 0 Å². The van der Waals surface area contributed by atoms with Gasteiger partial charge in [0.2, 0.25) is 0 Å². The van der Waals surface area contributed by atoms with Crippen LogP contribution < -0.4 is 5.73 Å². The Morgan fingerprint density at radius 1 is 1.32 bits per heavy atom. The molecule has 7 heteroatoms. The zero-order valence-corrected chi connectivity index (χ0v) is 12.7. The van der Waals surface area contributed by atoms with Gasteiger partial charge in [-0.25, -0.2) is 9.50 Å². The van der Waals surface area contributed by atoms with Crippen LogP contribution in [-0.2, 0) is 0 Å². The van der Waals surface area contributed by atoms with Crippen molar-refractivity contribution in [2.24, 2.45) is 0 Å². The maximum atomic E-state index is 12.5. The average Bonchev–Trinajstić information content (AvgIpc) is 3.25. The molecule has 6 nitrogen and oxygen atoms in total. The third-order valence-electron chi connectivity index (χ3n) is 3.84. The summed E-state index contributed by atoms with van der Waals surface area (Å²) in [6, 6.07) is 5.62. The van der Waals surface area contributed by atoms with Gasteiger partial charge in [-0.2, -0.15) is 0 Å². The normalized spacial score (nSPS) is 14.8. The molecule has 0 unspecified atom stereocenters. The van der Waals surface area contributed by atoms with Crippen molar-refractivity contribution in [3.8, 4) is 10.7 Å². The van der Waals surface area contributed by atoms with Crippen LogP contribution in [0.15, 0.2) is 29.8 Å². The molecule has 1 amide bonds. The Balaban J connectivity index is 1.77. The Morgan fingerprint density at radius 2 is 2.14 bits per heavy atom. The summed E-state index contributed by atoms with van der Waals surface area (Å²) in [6.07, 6.45) is 3.85. The number of fused-ring (bicyclic) bond motifs is 1. The van der Waals surface area contributed by atoms with Gasteiger partial charge in [0, 0.05) is 19.3 Å². The van der Waals surface area contributed by atoms with Crippen LogP contribution in [0.5, 0.6) is 0 Å². The van der Waals surface area contributed by atoms with E-state index in [1.54, 1.807) is 28.1 Å². The standard InChI is InChI=1S/C15H15N5OS/c16-11-8-10(15(21)19-5-1-2-6-19)9-20-14(11)17-13(18-20)12-4-3-7-22-12/h3-4,7-9H,1-2,5-6,16H2. The average molecular weight is 313 g/mol. The highest BCUT2D eigenvalue weighted by atomic mass is 32.1. The highest BCUT2D eigenvalue weighted by molar-refractivity contribution is 7.13. The summed E-state index contributed by atoms with van der Waals surface area (Å²) >= 11 is 1.57. The van der Waals surface area contributed by atoms with Gasteiger partial charge >= 0.3 is 0 Å². The maximum absolute atomic E-state index is 12.5. The largest absolute Gasteiger partial charge is 0.396 e. The number of hydrogen-bond donors (Lipinski definition) is 1. The number of carbonyl (C=O) groups is 1. The zero-order valence-electron chi connectivity index (χ0n) is 11.9. The van der Waals surface area contributed by atoms with E-state index < -0.39 is 0 Å². The minimum Gasteiger partial charge on any atom is -0.396 e. The fourth-order valence-electron chi connectivity index (χ4n) is 2.74. The molecular weight excluding hydrogens is 298 g/mol. The van der Waals surface area contributed by atoms with E-state index in [0.29, 0.717) is 22.7 Å². The summed E-state index contributed by atoms with van der Waals surface area (Å²) < 4.78 is 1.60. The van der Waals surface area contributed by atoms with Crippen molar-refractivity contribution < 1.29 is 4.79 Å². The number of amides is 1. The van der Waals surface area contributed by atoms with Gasteiger partial charge < -0.3 is 10.6 Å². The Labute approximate surface area is 131 Å². The monoisotopic (exact) mass is 313 g/mol. The molecule has 2 N–H and O–H groups in total. The maximum Gasteiger partial charge on any atom is 0.255 e. The number of nitrogen functional groups attached to an aromatic ring is 1. The van der Waals surface area contributed by atoms with E-state index in [1.165, 1.54) is 0 Å². The van der Waals surface area contributed by atoms with Gasteiger partial charge in [0.05, 0.1) is 16.1 Å². The number of anilines is 1. The number of nitrogens with two attached hydrogens (primary N) is 1. The summed E-state index contributed by atoms with van der Waals surface area (Å²) in [7, 11) is 0. The lowest BCUT2D eigenvalue weighted by molar-refractivity contribution is 0.0792. The van der Waals surface area contributed by atoms with E-state index >= 15 is 0 Å². The van der Waals surface area contributed by atoms with Crippen LogP contribution in [0.1, 0.15) is 23.2 Å². The summed E-state index contributed by atoms with van der Waals surface area (Å²) in [6.45, 7) is 1.63. The van der Waals surface area contributed by atoms with Crippen molar-refractivity contribution >= 4 is 28.6 Å². The van der Waals surface area contributed by atoms with Crippen molar-refractivity contribution in [1.82, 2.24) is 19.5 Å². The molecule has 3 aromatic heterocycles. The van der Waals surface area contributed by atoms with Gasteiger partial charge in [0.25, 0.3) is 5.91 Å². The quantitative estimate of drug-likeness (QED) is 0.787. The molecule has 4 rings (SSSR count). The van der Waals surface area contributed by atoms with Crippen molar-refractivity contribution in [3.63, 3.8) is 0 Å². The van der Waals surface area contributed by atoms with Gasteiger partial charge in [0.15, 0.2) is 11.5 Å². The van der Waals surface area contributed by atoms with Gasteiger partial charge in [-0.15, -0.1) is 16.4 Å². The van der Waals surface area contributed by atoms with E-state index in [9.17, 15) is 4.79 Å². The van der Waals surface area contributed by atoms with Gasteiger partial charge in [-0.05, 0) is 30.4 Å². The number of nitrogens with zero attached hydrogens (tertiary/aromatic N) is 4. The van der Waals surface area contributed by atoms with Gasteiger partial charge in [0.1, 0.15) is 0 Å². The molecule has 1 saturated heterocycles. The van der Waals surface area contributed by atoms with E-state index in [-0.39, 0.29) is 5.91 Å². The number of rotatable bonds is 2. The Morgan fingerprint density at radius 3 is 2.86 bits per heavy atom. The van der Waals surface area contributed by atoms with Crippen LogP contribution in [0.2, 0.25) is 0 Å². The molecule has 0 spiro atoms. The first-order chi connectivity index (χ1) is 10.7. The molecule has 0 radical (unpaired) electrons. The SMILES string of the molecule is Nc1cc(C(=O)N2CCCC2)cn2nc(-c3cccs3)nc12. The van der Waals surface area contributed by atoms with Crippen molar-refractivity contribution in [2.75, 3.05) is 18.8 Å². The molecule has 0 atom stereocenters. The number of aromatic nitrogens is 3. The van der Waals surface area contributed by atoms with Crippen LogP contribution in [0.25, 0.3) is 16.3 Å². The lowest BCUT2D eigenvalue weighted by Crippen LogP contribution is -2.28. The predicted octanol–water partition coefficient (Wildman–Crippen LogP) is 2.28. The topological polar surface area (TPSA) is 76.5 Å². The summed E-state index contributed by atoms with van der Waals surface area (Å²) in [5.74, 6) is 0.645. The number of likely N-dealkylation sites (tertiary alicyclic amines) is 1. The fraction of sp³-hybridized carbons (Fsp3) is 0.267. The summed E-state index contributed by atoms with van der Waals surface area (Å²) in [5.41, 5.74) is 7.69. The van der Waals surface area contributed by atoms with Crippen LogP contribution in [0.4, 0.5) is 5.69 Å². The first-order valence-electron chi connectivity index (χ1n) is 7.21. The van der Waals surface area contributed by atoms with Gasteiger partial charge in [-0.3, -0.25) is 4.79 Å². The minimum atomic E-state index is 0.0132. The fourth-order valence-corrected chi connectivity index (χ4v) is 3.39. The summed E-state index contributed by atoms with van der Waals surface area (Å²) in [5, 5.41) is 6.43. The third-order valence-corrected chi connectivity index (χ3v) is 4.71. The minimum absolute atomic E-state index is 0.0132. The molecule has 3 aromatic rings. The highest BCUT2D eigenvalue weighted by Gasteiger charge is 2.21. The molecule has 0 bridgehead atoms. The molecule has 1 aliphatic rings. The van der Waals surface area contributed by atoms with Gasteiger partial charge in [-0.1, -0.05) is 6.07 Å². The number of hydrogen-bond acceptors (Lipinski definition) is 5. The first kappa shape index (κ1) is 13.3. The van der Waals surface area contributed by atoms with Crippen LogP contribution in [0, 0.1) is 0 Å². The molecule has 1 fully saturated rings. The number of pyridine rings is 1. The second-order valence-corrected chi connectivity index (χ2v) is 6.31. The van der Waals surface area contributed by atoms with E-state index in [1.807, 2.05) is 22.4 Å². The Kier molecular flexibility index (Phi) is 3.07. The van der Waals surface area contributed by atoms with Crippen molar-refractivity contribution in [3.05, 3.63) is 35.3 Å². The second-order valence-electron chi connectivity index (χ2n) is 5.36. The first-order valence-corrected chi connectivity index (χ1v) is 8.09. The lowest BCUT2D eigenvalue weighted by Gasteiger charge is -2.15. The Bertz CT molecular complexity index is 833.